The molecule has 0 amide bonds. The highest BCUT2D eigenvalue weighted by Gasteiger charge is 2.32. The Morgan fingerprint density at radius 3 is 2.38 bits per heavy atom. The average Bonchev–Trinajstić information content (AvgIpc) is 2.79. The molecule has 6 nitrogen and oxygen atoms in total. The summed E-state index contributed by atoms with van der Waals surface area (Å²) >= 11 is 0. The van der Waals surface area contributed by atoms with E-state index in [1.165, 1.54) is 19.3 Å². The molecule has 1 aliphatic rings. The number of hydrogen-bond donors (Lipinski definition) is 2. The van der Waals surface area contributed by atoms with E-state index in [-0.39, 0.29) is 0 Å². The molecule has 1 fully saturated rings. The Balaban J connectivity index is 2.15. The molecule has 0 bridgehead atoms. The average molecular weight is 292 g/mol. The molecule has 2 rings (SSSR count). The molecule has 1 aliphatic carbocycles. The second-order valence-electron chi connectivity index (χ2n) is 6.06. The molecule has 3 unspecified atom stereocenters. The van der Waals surface area contributed by atoms with Crippen LogP contribution in [0.2, 0.25) is 0 Å². The van der Waals surface area contributed by atoms with E-state index in [0.29, 0.717) is 29.8 Å². The van der Waals surface area contributed by atoms with Crippen molar-refractivity contribution in [3.8, 4) is 0 Å². The molecule has 118 valence electrons. The van der Waals surface area contributed by atoms with Crippen molar-refractivity contribution in [2.45, 2.75) is 46.1 Å². The van der Waals surface area contributed by atoms with E-state index in [9.17, 15) is 0 Å². The van der Waals surface area contributed by atoms with Crippen LogP contribution in [0.15, 0.2) is 0 Å². The normalized spacial score (nSPS) is 24.9. The third-order valence-corrected chi connectivity index (χ3v) is 4.42. The number of nitrogens with one attached hydrogen (secondary N) is 2. The highest BCUT2D eigenvalue weighted by atomic mass is 15.3. The van der Waals surface area contributed by atoms with Crippen LogP contribution in [0.4, 0.5) is 17.8 Å². The molecule has 0 aliphatic heterocycles. The van der Waals surface area contributed by atoms with Gasteiger partial charge < -0.3 is 15.5 Å². The van der Waals surface area contributed by atoms with Gasteiger partial charge in [-0.1, -0.05) is 20.3 Å². The minimum absolute atomic E-state index is 0.460. The Labute approximate surface area is 127 Å². The predicted octanol–water partition coefficient (Wildman–Crippen LogP) is 2.61. The zero-order chi connectivity index (χ0) is 15.4. The summed E-state index contributed by atoms with van der Waals surface area (Å²) in [7, 11) is 3.89. The van der Waals surface area contributed by atoms with Crippen LogP contribution in [-0.2, 0) is 0 Å². The fourth-order valence-electron chi connectivity index (χ4n) is 3.06. The van der Waals surface area contributed by atoms with Gasteiger partial charge in [0.25, 0.3) is 0 Å². The zero-order valence-electron chi connectivity index (χ0n) is 13.8. The van der Waals surface area contributed by atoms with Gasteiger partial charge in [0.1, 0.15) is 0 Å². The topological polar surface area (TPSA) is 66.0 Å². The molecule has 1 aromatic rings. The predicted molar refractivity (Wildman–Crippen MR) is 87.9 cm³/mol. The van der Waals surface area contributed by atoms with Crippen LogP contribution in [0.25, 0.3) is 0 Å². The van der Waals surface area contributed by atoms with Crippen molar-refractivity contribution in [3.05, 3.63) is 0 Å². The van der Waals surface area contributed by atoms with Gasteiger partial charge >= 0.3 is 0 Å². The number of hydrogen-bond acceptors (Lipinski definition) is 6. The first-order chi connectivity index (χ1) is 10.0. The van der Waals surface area contributed by atoms with Gasteiger partial charge in [-0.15, -0.1) is 0 Å². The molecular formula is C15H28N6. The van der Waals surface area contributed by atoms with Crippen molar-refractivity contribution < 1.29 is 0 Å². The summed E-state index contributed by atoms with van der Waals surface area (Å²) in [5, 5.41) is 6.69. The van der Waals surface area contributed by atoms with Crippen LogP contribution in [0.5, 0.6) is 0 Å². The zero-order valence-corrected chi connectivity index (χ0v) is 13.8. The highest BCUT2D eigenvalue weighted by Crippen LogP contribution is 2.35. The number of aromatic nitrogens is 3. The van der Waals surface area contributed by atoms with Crippen molar-refractivity contribution in [2.24, 2.45) is 11.8 Å². The van der Waals surface area contributed by atoms with E-state index in [2.05, 4.69) is 39.4 Å². The molecule has 6 heteroatoms. The van der Waals surface area contributed by atoms with E-state index >= 15 is 0 Å². The van der Waals surface area contributed by atoms with Gasteiger partial charge in [0.15, 0.2) is 0 Å². The first kappa shape index (κ1) is 15.8. The Morgan fingerprint density at radius 1 is 1.10 bits per heavy atom. The first-order valence-electron chi connectivity index (χ1n) is 7.98. The maximum atomic E-state index is 4.52. The SMILES string of the molecule is CCNc1nc(NC2CCC(CC)C2C)nc(N(C)C)n1. The molecule has 2 N–H and O–H groups in total. The van der Waals surface area contributed by atoms with Gasteiger partial charge in [-0.05, 0) is 31.6 Å². The standard InChI is InChI=1S/C15H28N6/c1-6-11-8-9-12(10(11)3)17-14-18-13(16-7-2)19-15(20-14)21(4)5/h10-12H,6-9H2,1-5H3,(H2,16,17,18,19,20). The number of rotatable bonds is 6. The van der Waals surface area contributed by atoms with Crippen molar-refractivity contribution in [3.63, 3.8) is 0 Å². The molecular weight excluding hydrogens is 264 g/mol. The summed E-state index contributed by atoms with van der Waals surface area (Å²) in [4.78, 5) is 15.3. The van der Waals surface area contributed by atoms with E-state index in [0.717, 1.165) is 12.5 Å². The second kappa shape index (κ2) is 6.91. The van der Waals surface area contributed by atoms with Gasteiger partial charge in [-0.25, -0.2) is 0 Å². The van der Waals surface area contributed by atoms with Crippen LogP contribution in [-0.4, -0.2) is 41.6 Å². The fraction of sp³-hybridized carbons (Fsp3) is 0.800. The summed E-state index contributed by atoms with van der Waals surface area (Å²) in [5.74, 6) is 3.47. The fourth-order valence-corrected chi connectivity index (χ4v) is 3.06. The van der Waals surface area contributed by atoms with Crippen molar-refractivity contribution in [1.29, 1.82) is 0 Å². The number of anilines is 3. The molecule has 21 heavy (non-hydrogen) atoms. The lowest BCUT2D eigenvalue weighted by atomic mass is 9.94. The largest absolute Gasteiger partial charge is 0.354 e. The quantitative estimate of drug-likeness (QED) is 0.840. The van der Waals surface area contributed by atoms with Crippen molar-refractivity contribution in [2.75, 3.05) is 36.2 Å². The minimum atomic E-state index is 0.460. The first-order valence-corrected chi connectivity index (χ1v) is 7.98. The Bertz CT molecular complexity index is 461. The lowest BCUT2D eigenvalue weighted by Gasteiger charge is -2.22. The van der Waals surface area contributed by atoms with Gasteiger partial charge in [-0.2, -0.15) is 15.0 Å². The lowest BCUT2D eigenvalue weighted by Crippen LogP contribution is -2.26. The summed E-state index contributed by atoms with van der Waals surface area (Å²) in [6, 6.07) is 0.460. The van der Waals surface area contributed by atoms with Crippen LogP contribution >= 0.6 is 0 Å². The molecule has 1 heterocycles. The Morgan fingerprint density at radius 2 is 1.81 bits per heavy atom. The van der Waals surface area contributed by atoms with E-state index in [1.54, 1.807) is 0 Å². The summed E-state index contributed by atoms with van der Waals surface area (Å²) < 4.78 is 0. The molecule has 0 saturated heterocycles. The molecule has 0 aromatic carbocycles. The Hall–Kier alpha value is -1.59. The van der Waals surface area contributed by atoms with Crippen LogP contribution < -0.4 is 15.5 Å². The van der Waals surface area contributed by atoms with Gasteiger partial charge in [0.05, 0.1) is 0 Å². The summed E-state index contributed by atoms with van der Waals surface area (Å²) in [6.07, 6.45) is 3.74. The molecule has 3 atom stereocenters. The molecule has 1 aromatic heterocycles. The summed E-state index contributed by atoms with van der Waals surface area (Å²) in [6.45, 7) is 7.45. The lowest BCUT2D eigenvalue weighted by molar-refractivity contribution is 0.391. The van der Waals surface area contributed by atoms with Crippen molar-refractivity contribution >= 4 is 17.8 Å². The van der Waals surface area contributed by atoms with Gasteiger partial charge in [0.2, 0.25) is 17.8 Å². The number of nitrogens with zero attached hydrogens (tertiary/aromatic N) is 4. The van der Waals surface area contributed by atoms with Gasteiger partial charge in [0, 0.05) is 26.7 Å². The minimum Gasteiger partial charge on any atom is -0.354 e. The Kier molecular flexibility index (Phi) is 5.20. The van der Waals surface area contributed by atoms with E-state index < -0.39 is 0 Å². The maximum absolute atomic E-state index is 4.52. The molecule has 0 radical (unpaired) electrons. The highest BCUT2D eigenvalue weighted by molar-refractivity contribution is 5.43. The maximum Gasteiger partial charge on any atom is 0.231 e. The summed E-state index contributed by atoms with van der Waals surface area (Å²) in [5.41, 5.74) is 0. The van der Waals surface area contributed by atoms with Gasteiger partial charge in [-0.3, -0.25) is 0 Å². The monoisotopic (exact) mass is 292 g/mol. The van der Waals surface area contributed by atoms with E-state index in [4.69, 9.17) is 0 Å². The van der Waals surface area contributed by atoms with Crippen LogP contribution in [0, 0.1) is 11.8 Å². The second-order valence-corrected chi connectivity index (χ2v) is 6.06. The van der Waals surface area contributed by atoms with Crippen LogP contribution in [0.1, 0.15) is 40.0 Å². The smallest absolute Gasteiger partial charge is 0.231 e. The van der Waals surface area contributed by atoms with Crippen LogP contribution in [0.3, 0.4) is 0 Å². The van der Waals surface area contributed by atoms with E-state index in [1.807, 2.05) is 25.9 Å². The molecule has 1 saturated carbocycles. The van der Waals surface area contributed by atoms with Crippen molar-refractivity contribution in [1.82, 2.24) is 15.0 Å². The third kappa shape index (κ3) is 3.74. The third-order valence-electron chi connectivity index (χ3n) is 4.42. The molecule has 0 spiro atoms.